The molecule has 0 radical (unpaired) electrons. The van der Waals surface area contributed by atoms with Crippen LogP contribution in [0.5, 0.6) is 5.88 Å². The second-order valence-corrected chi connectivity index (χ2v) is 5.15. The molecular formula is C16H18N4O2. The minimum Gasteiger partial charge on any atom is -0.493 e. The SMILES string of the molecule is Cc1cc(-c2c(C)nn(-c3ccccc3)c2O)n(CCO)n1. The van der Waals surface area contributed by atoms with Crippen LogP contribution >= 0.6 is 0 Å². The van der Waals surface area contributed by atoms with Gasteiger partial charge in [-0.1, -0.05) is 18.2 Å². The van der Waals surface area contributed by atoms with Gasteiger partial charge in [0, 0.05) is 0 Å². The van der Waals surface area contributed by atoms with Crippen LogP contribution in [0.3, 0.4) is 0 Å². The Kier molecular flexibility index (Phi) is 3.68. The van der Waals surface area contributed by atoms with Crippen molar-refractivity contribution in [3.8, 4) is 22.8 Å². The molecule has 2 N–H and O–H groups in total. The molecule has 0 fully saturated rings. The summed E-state index contributed by atoms with van der Waals surface area (Å²) in [7, 11) is 0. The molecule has 0 aliphatic rings. The third-order valence-electron chi connectivity index (χ3n) is 3.51. The van der Waals surface area contributed by atoms with E-state index in [0.29, 0.717) is 17.8 Å². The number of nitrogens with zero attached hydrogens (tertiary/aromatic N) is 4. The lowest BCUT2D eigenvalue weighted by Crippen LogP contribution is -2.06. The quantitative estimate of drug-likeness (QED) is 0.773. The number of hydrogen-bond acceptors (Lipinski definition) is 4. The summed E-state index contributed by atoms with van der Waals surface area (Å²) in [6.45, 7) is 4.09. The molecule has 0 aliphatic heterocycles. The van der Waals surface area contributed by atoms with Crippen molar-refractivity contribution in [1.82, 2.24) is 19.6 Å². The van der Waals surface area contributed by atoms with Gasteiger partial charge in [0.1, 0.15) is 0 Å². The van der Waals surface area contributed by atoms with Gasteiger partial charge in [-0.15, -0.1) is 0 Å². The lowest BCUT2D eigenvalue weighted by atomic mass is 10.1. The summed E-state index contributed by atoms with van der Waals surface area (Å²) in [5.41, 5.74) is 3.72. The molecule has 6 heteroatoms. The van der Waals surface area contributed by atoms with E-state index in [1.807, 2.05) is 50.2 Å². The molecule has 114 valence electrons. The maximum atomic E-state index is 10.6. The zero-order valence-corrected chi connectivity index (χ0v) is 12.6. The van der Waals surface area contributed by atoms with E-state index in [2.05, 4.69) is 10.2 Å². The first-order valence-electron chi connectivity index (χ1n) is 7.11. The second kappa shape index (κ2) is 5.65. The molecule has 0 saturated carbocycles. The molecule has 2 heterocycles. The molecule has 0 bridgehead atoms. The van der Waals surface area contributed by atoms with Crippen LogP contribution in [-0.4, -0.2) is 36.4 Å². The summed E-state index contributed by atoms with van der Waals surface area (Å²) >= 11 is 0. The average molecular weight is 298 g/mol. The van der Waals surface area contributed by atoms with Gasteiger partial charge in [-0.05, 0) is 32.0 Å². The van der Waals surface area contributed by atoms with Gasteiger partial charge >= 0.3 is 0 Å². The topological polar surface area (TPSA) is 76.1 Å². The van der Waals surface area contributed by atoms with E-state index in [-0.39, 0.29) is 12.5 Å². The number of hydrogen-bond donors (Lipinski definition) is 2. The molecule has 22 heavy (non-hydrogen) atoms. The predicted molar refractivity (Wildman–Crippen MR) is 83.0 cm³/mol. The lowest BCUT2D eigenvalue weighted by Gasteiger charge is -2.06. The van der Waals surface area contributed by atoms with Crippen LogP contribution in [0.4, 0.5) is 0 Å². The average Bonchev–Trinajstić information content (AvgIpc) is 3.00. The van der Waals surface area contributed by atoms with Gasteiger partial charge in [-0.3, -0.25) is 4.68 Å². The summed E-state index contributed by atoms with van der Waals surface area (Å²) in [5.74, 6) is 0.0720. The highest BCUT2D eigenvalue weighted by molar-refractivity contribution is 5.69. The first kappa shape index (κ1) is 14.3. The van der Waals surface area contributed by atoms with Gasteiger partial charge in [0.15, 0.2) is 0 Å². The molecular weight excluding hydrogens is 280 g/mol. The van der Waals surface area contributed by atoms with Gasteiger partial charge in [-0.2, -0.15) is 10.2 Å². The third-order valence-corrected chi connectivity index (χ3v) is 3.51. The Balaban J connectivity index is 2.15. The van der Waals surface area contributed by atoms with Crippen LogP contribution in [0.25, 0.3) is 16.9 Å². The van der Waals surface area contributed by atoms with Gasteiger partial charge in [-0.25, -0.2) is 4.68 Å². The van der Waals surface area contributed by atoms with Gasteiger partial charge in [0.25, 0.3) is 0 Å². The Hall–Kier alpha value is -2.60. The summed E-state index contributed by atoms with van der Waals surface area (Å²) in [6, 6.07) is 11.3. The molecule has 0 spiro atoms. The predicted octanol–water partition coefficient (Wildman–Crippen LogP) is 2.05. The molecule has 2 aromatic heterocycles. The number of rotatable bonds is 4. The molecule has 1 aromatic carbocycles. The number of aromatic hydroxyl groups is 1. The molecule has 0 aliphatic carbocycles. The van der Waals surface area contributed by atoms with Crippen LogP contribution in [0.2, 0.25) is 0 Å². The summed E-state index contributed by atoms with van der Waals surface area (Å²) < 4.78 is 3.20. The van der Waals surface area contributed by atoms with Gasteiger partial charge < -0.3 is 10.2 Å². The Labute approximate surface area is 128 Å². The van der Waals surface area contributed by atoms with Crippen LogP contribution in [0.1, 0.15) is 11.4 Å². The number of aliphatic hydroxyl groups is 1. The van der Waals surface area contributed by atoms with Crippen LogP contribution in [0.15, 0.2) is 36.4 Å². The van der Waals surface area contributed by atoms with Crippen molar-refractivity contribution in [3.63, 3.8) is 0 Å². The monoisotopic (exact) mass is 298 g/mol. The van der Waals surface area contributed by atoms with Crippen LogP contribution in [0, 0.1) is 13.8 Å². The van der Waals surface area contributed by atoms with Crippen molar-refractivity contribution in [2.75, 3.05) is 6.61 Å². The fraction of sp³-hybridized carbons (Fsp3) is 0.250. The van der Waals surface area contributed by atoms with E-state index in [4.69, 9.17) is 0 Å². The molecule has 0 atom stereocenters. The molecule has 3 rings (SSSR count). The Morgan fingerprint density at radius 2 is 1.82 bits per heavy atom. The first-order chi connectivity index (χ1) is 10.6. The van der Waals surface area contributed by atoms with E-state index in [1.165, 1.54) is 4.68 Å². The van der Waals surface area contributed by atoms with Crippen molar-refractivity contribution >= 4 is 0 Å². The summed E-state index contributed by atoms with van der Waals surface area (Å²) in [6.07, 6.45) is 0. The lowest BCUT2D eigenvalue weighted by molar-refractivity contribution is 0.270. The Morgan fingerprint density at radius 3 is 2.50 bits per heavy atom. The standard InChI is InChI=1S/C16H18N4O2/c1-11-10-14(19(17-11)8-9-21)15-12(2)18-20(16(15)22)13-6-4-3-5-7-13/h3-7,10,21-22H,8-9H2,1-2H3. The summed E-state index contributed by atoms with van der Waals surface area (Å²) in [5, 5.41) is 28.6. The minimum atomic E-state index is -0.0131. The zero-order valence-electron chi connectivity index (χ0n) is 12.6. The number of benzene rings is 1. The first-order valence-corrected chi connectivity index (χ1v) is 7.11. The largest absolute Gasteiger partial charge is 0.493 e. The van der Waals surface area contributed by atoms with E-state index in [1.54, 1.807) is 4.68 Å². The maximum Gasteiger partial charge on any atom is 0.224 e. The highest BCUT2D eigenvalue weighted by atomic mass is 16.3. The smallest absolute Gasteiger partial charge is 0.224 e. The fourth-order valence-corrected chi connectivity index (χ4v) is 2.58. The normalized spacial score (nSPS) is 11.0. The Morgan fingerprint density at radius 1 is 1.09 bits per heavy atom. The van der Waals surface area contributed by atoms with Gasteiger partial charge in [0.2, 0.25) is 5.88 Å². The molecule has 0 unspecified atom stereocenters. The third kappa shape index (κ3) is 2.37. The molecule has 0 saturated heterocycles. The number of aliphatic hydroxyl groups excluding tert-OH is 1. The molecule has 3 aromatic rings. The van der Waals surface area contributed by atoms with E-state index < -0.39 is 0 Å². The number of aromatic nitrogens is 4. The van der Waals surface area contributed by atoms with Crippen molar-refractivity contribution in [2.45, 2.75) is 20.4 Å². The minimum absolute atomic E-state index is 0.0131. The van der Waals surface area contributed by atoms with E-state index in [0.717, 1.165) is 17.1 Å². The summed E-state index contributed by atoms with van der Waals surface area (Å²) in [4.78, 5) is 0. The van der Waals surface area contributed by atoms with Crippen molar-refractivity contribution in [2.24, 2.45) is 0 Å². The highest BCUT2D eigenvalue weighted by Gasteiger charge is 2.21. The number of aryl methyl sites for hydroxylation is 2. The van der Waals surface area contributed by atoms with E-state index in [9.17, 15) is 10.2 Å². The zero-order chi connectivity index (χ0) is 15.7. The van der Waals surface area contributed by atoms with Gasteiger partial charge in [0.05, 0.1) is 41.5 Å². The fourth-order valence-electron chi connectivity index (χ4n) is 2.58. The molecule has 0 amide bonds. The highest BCUT2D eigenvalue weighted by Crippen LogP contribution is 2.34. The van der Waals surface area contributed by atoms with E-state index >= 15 is 0 Å². The Bertz CT molecular complexity index is 790. The van der Waals surface area contributed by atoms with Crippen LogP contribution in [-0.2, 0) is 6.54 Å². The maximum absolute atomic E-state index is 10.6. The van der Waals surface area contributed by atoms with Crippen molar-refractivity contribution < 1.29 is 10.2 Å². The van der Waals surface area contributed by atoms with Crippen LogP contribution < -0.4 is 0 Å². The van der Waals surface area contributed by atoms with Crippen molar-refractivity contribution in [3.05, 3.63) is 47.8 Å². The van der Waals surface area contributed by atoms with Crippen molar-refractivity contribution in [1.29, 1.82) is 0 Å². The number of para-hydroxylation sites is 1. The second-order valence-electron chi connectivity index (χ2n) is 5.15. The molecule has 6 nitrogen and oxygen atoms in total.